The van der Waals surface area contributed by atoms with Gasteiger partial charge in [0.05, 0.1) is 0 Å². The van der Waals surface area contributed by atoms with Gasteiger partial charge in [-0.2, -0.15) is 0 Å². The van der Waals surface area contributed by atoms with E-state index in [-0.39, 0.29) is 0 Å². The van der Waals surface area contributed by atoms with E-state index in [0.717, 1.165) is 35.5 Å². The van der Waals surface area contributed by atoms with Gasteiger partial charge in [-0.25, -0.2) is 0 Å². The molecule has 0 heterocycles. The maximum Gasteiger partial charge on any atom is -0.0238 e. The Morgan fingerprint density at radius 2 is 1.48 bits per heavy atom. The van der Waals surface area contributed by atoms with E-state index in [1.807, 2.05) is 0 Å². The third-order valence-corrected chi connectivity index (χ3v) is 11.1. The fraction of sp³-hybridized carbons (Fsp3) is 1.00. The Morgan fingerprint density at radius 1 is 0.760 bits per heavy atom. The third-order valence-electron chi connectivity index (χ3n) is 11.1. The summed E-state index contributed by atoms with van der Waals surface area (Å²) in [6.45, 7) is 15.7. The second-order valence-corrected chi connectivity index (χ2v) is 11.6. The average Bonchev–Trinajstić information content (AvgIpc) is 2.92. The minimum absolute atomic E-state index is 0.608. The van der Waals surface area contributed by atoms with Crippen LogP contribution in [0.1, 0.15) is 106 Å². The lowest BCUT2D eigenvalue weighted by molar-refractivity contribution is -0.190. The van der Waals surface area contributed by atoms with Crippen LogP contribution in [-0.2, 0) is 0 Å². The van der Waals surface area contributed by atoms with Crippen LogP contribution in [0.2, 0.25) is 0 Å². The van der Waals surface area contributed by atoms with Gasteiger partial charge in [0, 0.05) is 0 Å². The van der Waals surface area contributed by atoms with Gasteiger partial charge >= 0.3 is 0 Å². The van der Waals surface area contributed by atoms with Gasteiger partial charge < -0.3 is 0 Å². The molecule has 0 saturated heterocycles. The third kappa shape index (κ3) is 2.30. The highest BCUT2D eigenvalue weighted by Crippen LogP contribution is 2.72. The number of fused-ring (bicyclic) bond motifs is 5. The monoisotopic (exact) mass is 344 g/mol. The van der Waals surface area contributed by atoms with Crippen LogP contribution in [0, 0.1) is 51.8 Å². The van der Waals surface area contributed by atoms with Gasteiger partial charge in [0.2, 0.25) is 0 Å². The molecule has 144 valence electrons. The summed E-state index contributed by atoms with van der Waals surface area (Å²) in [4.78, 5) is 0. The summed E-state index contributed by atoms with van der Waals surface area (Å²) in [5, 5.41) is 0. The van der Waals surface area contributed by atoms with E-state index in [9.17, 15) is 0 Å². The second kappa shape index (κ2) is 6.00. The van der Waals surface area contributed by atoms with Crippen LogP contribution in [0.3, 0.4) is 0 Å². The summed E-state index contributed by atoms with van der Waals surface area (Å²) < 4.78 is 0. The maximum atomic E-state index is 2.76. The van der Waals surface area contributed by atoms with E-state index < -0.39 is 0 Å². The first-order chi connectivity index (χ1) is 11.8. The van der Waals surface area contributed by atoms with Crippen molar-refractivity contribution in [1.29, 1.82) is 0 Å². The van der Waals surface area contributed by atoms with Crippen molar-refractivity contribution < 1.29 is 0 Å². The molecule has 0 aromatic rings. The van der Waals surface area contributed by atoms with Crippen molar-refractivity contribution in [3.05, 3.63) is 0 Å². The SMILES string of the molecule is CCC1CCC2C3CC(CC)C4(C)CC(C)CCC4(C)C3CCC12C. The molecule has 0 radical (unpaired) electrons. The molecule has 0 aliphatic heterocycles. The standard InChI is InChI=1S/C25H44/c1-7-18-9-10-21-20-15-19(8-2)25(6)16-17(3)11-14-24(25,5)22(20)12-13-23(18,21)4/h17-22H,7-16H2,1-6H3. The zero-order chi connectivity index (χ0) is 18.0. The van der Waals surface area contributed by atoms with Gasteiger partial charge in [-0.1, -0.05) is 60.8 Å². The van der Waals surface area contributed by atoms with E-state index in [4.69, 9.17) is 0 Å². The van der Waals surface area contributed by atoms with Crippen LogP contribution >= 0.6 is 0 Å². The van der Waals surface area contributed by atoms with Crippen molar-refractivity contribution in [1.82, 2.24) is 0 Å². The molecule has 0 bridgehead atoms. The van der Waals surface area contributed by atoms with E-state index in [1.165, 1.54) is 44.9 Å². The predicted molar refractivity (Wildman–Crippen MR) is 108 cm³/mol. The van der Waals surface area contributed by atoms with Gasteiger partial charge in [-0.3, -0.25) is 0 Å². The maximum absolute atomic E-state index is 2.76. The molecule has 0 heteroatoms. The van der Waals surface area contributed by atoms with Crippen LogP contribution in [0.15, 0.2) is 0 Å². The Labute approximate surface area is 157 Å². The molecule has 0 aromatic heterocycles. The van der Waals surface area contributed by atoms with E-state index in [1.54, 1.807) is 19.3 Å². The normalized spacial score (nSPS) is 58.3. The molecule has 9 unspecified atom stereocenters. The van der Waals surface area contributed by atoms with Crippen molar-refractivity contribution >= 4 is 0 Å². The highest BCUT2D eigenvalue weighted by molar-refractivity contribution is 5.13. The van der Waals surface area contributed by atoms with E-state index in [0.29, 0.717) is 16.2 Å². The van der Waals surface area contributed by atoms with Crippen molar-refractivity contribution in [2.75, 3.05) is 0 Å². The Morgan fingerprint density at radius 3 is 2.16 bits per heavy atom. The molecule has 0 N–H and O–H groups in total. The fourth-order valence-electron chi connectivity index (χ4n) is 9.53. The van der Waals surface area contributed by atoms with Gasteiger partial charge in [0.15, 0.2) is 0 Å². The van der Waals surface area contributed by atoms with Crippen LogP contribution in [0.5, 0.6) is 0 Å². The molecule has 4 rings (SSSR count). The smallest absolute Gasteiger partial charge is 0.0238 e. The van der Waals surface area contributed by atoms with Crippen molar-refractivity contribution in [3.8, 4) is 0 Å². The first-order valence-corrected chi connectivity index (χ1v) is 11.8. The first kappa shape index (κ1) is 18.4. The minimum Gasteiger partial charge on any atom is -0.0651 e. The van der Waals surface area contributed by atoms with Gasteiger partial charge in [0.25, 0.3) is 0 Å². The average molecular weight is 345 g/mol. The molecular weight excluding hydrogens is 300 g/mol. The molecule has 9 atom stereocenters. The van der Waals surface area contributed by atoms with Crippen LogP contribution in [-0.4, -0.2) is 0 Å². The zero-order valence-electron chi connectivity index (χ0n) is 18.0. The summed E-state index contributed by atoms with van der Waals surface area (Å²) >= 11 is 0. The molecule has 25 heavy (non-hydrogen) atoms. The minimum atomic E-state index is 0.608. The van der Waals surface area contributed by atoms with Crippen LogP contribution in [0.25, 0.3) is 0 Å². The lowest BCUT2D eigenvalue weighted by atomic mass is 9.37. The molecular formula is C25H44. The zero-order valence-corrected chi connectivity index (χ0v) is 18.0. The summed E-state index contributed by atoms with van der Waals surface area (Å²) in [6.07, 6.45) is 15.1. The van der Waals surface area contributed by atoms with Gasteiger partial charge in [-0.05, 0) is 96.7 Å². The fourth-order valence-corrected chi connectivity index (χ4v) is 9.53. The number of rotatable bonds is 2. The van der Waals surface area contributed by atoms with Crippen molar-refractivity contribution in [2.24, 2.45) is 51.8 Å². The van der Waals surface area contributed by atoms with Crippen LogP contribution < -0.4 is 0 Å². The molecule has 4 fully saturated rings. The molecule has 0 spiro atoms. The second-order valence-electron chi connectivity index (χ2n) is 11.6. The van der Waals surface area contributed by atoms with E-state index in [2.05, 4.69) is 41.5 Å². The molecule has 4 saturated carbocycles. The summed E-state index contributed by atoms with van der Waals surface area (Å²) in [5.41, 5.74) is 1.91. The first-order valence-electron chi connectivity index (χ1n) is 11.8. The number of hydrogen-bond donors (Lipinski definition) is 0. The molecule has 0 nitrogen and oxygen atoms in total. The lowest BCUT2D eigenvalue weighted by Crippen LogP contribution is -2.60. The quantitative estimate of drug-likeness (QED) is 0.481. The topological polar surface area (TPSA) is 0 Å². The highest BCUT2D eigenvalue weighted by Gasteiger charge is 2.64. The number of hydrogen-bond acceptors (Lipinski definition) is 0. The van der Waals surface area contributed by atoms with Gasteiger partial charge in [-0.15, -0.1) is 0 Å². The molecule has 0 aromatic carbocycles. The predicted octanol–water partition coefficient (Wildman–Crippen LogP) is 7.72. The Balaban J connectivity index is 1.71. The van der Waals surface area contributed by atoms with E-state index >= 15 is 0 Å². The van der Waals surface area contributed by atoms with Gasteiger partial charge in [0.1, 0.15) is 0 Å². The Kier molecular flexibility index (Phi) is 4.41. The van der Waals surface area contributed by atoms with Crippen molar-refractivity contribution in [3.63, 3.8) is 0 Å². The van der Waals surface area contributed by atoms with Crippen LogP contribution in [0.4, 0.5) is 0 Å². The molecule has 4 aliphatic rings. The molecule has 0 amide bonds. The largest absolute Gasteiger partial charge is 0.0651 e. The highest BCUT2D eigenvalue weighted by atomic mass is 14.7. The summed E-state index contributed by atoms with van der Waals surface area (Å²) in [7, 11) is 0. The van der Waals surface area contributed by atoms with Crippen molar-refractivity contribution in [2.45, 2.75) is 106 Å². The summed E-state index contributed by atoms with van der Waals surface area (Å²) in [5.74, 6) is 6.07. The Bertz CT molecular complexity index is 508. The molecule has 4 aliphatic carbocycles. The lowest BCUT2D eigenvalue weighted by Gasteiger charge is -2.68. The summed E-state index contributed by atoms with van der Waals surface area (Å²) in [6, 6.07) is 0. The Hall–Kier alpha value is 0.